The first-order valence-electron chi connectivity index (χ1n) is 18.1. The Bertz CT molecular complexity index is 1910. The summed E-state index contributed by atoms with van der Waals surface area (Å²) in [4.78, 5) is 56.5. The Morgan fingerprint density at radius 1 is 1.06 bits per heavy atom. The zero-order valence-electron chi connectivity index (χ0n) is 32.2. The van der Waals surface area contributed by atoms with Crippen molar-refractivity contribution in [2.75, 3.05) is 20.3 Å². The molecule has 5 N–H and O–H groups in total. The molecule has 0 aromatic heterocycles. The molecule has 0 spiro atoms. The van der Waals surface area contributed by atoms with E-state index in [9.17, 15) is 27.6 Å². The van der Waals surface area contributed by atoms with Gasteiger partial charge in [0.15, 0.2) is 5.78 Å². The number of Topliss-reactive ketones (excluding diaryl/α,β-unsaturated/α-hetero) is 1. The number of methoxy groups -OCH3 is 1. The second-order valence-electron chi connectivity index (χ2n) is 14.5. The highest BCUT2D eigenvalue weighted by Crippen LogP contribution is 2.42. The van der Waals surface area contributed by atoms with Gasteiger partial charge in [0, 0.05) is 25.8 Å². The highest BCUT2D eigenvalue weighted by Gasteiger charge is 2.34. The summed E-state index contributed by atoms with van der Waals surface area (Å²) in [6.45, 7) is 10.9. The van der Waals surface area contributed by atoms with Crippen LogP contribution in [0.4, 0.5) is 0 Å². The fraction of sp³-hybridized carbons (Fsp3) is 0.513. The normalized spacial score (nSPS) is 21.4. The highest BCUT2D eigenvalue weighted by molar-refractivity contribution is 7.90. The molecule has 54 heavy (non-hydrogen) atoms. The number of sulfonamides is 1. The molecule has 15 heteroatoms. The van der Waals surface area contributed by atoms with Crippen molar-refractivity contribution >= 4 is 39.5 Å². The minimum Gasteiger partial charge on any atom is -0.490 e. The molecule has 2 bridgehead atoms. The lowest BCUT2D eigenvalue weighted by Crippen LogP contribution is -2.46. The number of ketones is 1. The molecule has 3 heterocycles. The molecule has 5 rings (SSSR count). The Balaban J connectivity index is 1.53. The summed E-state index contributed by atoms with van der Waals surface area (Å²) in [7, 11) is -2.91. The molecule has 2 aromatic carbocycles. The maximum atomic E-state index is 13.7. The van der Waals surface area contributed by atoms with E-state index >= 15 is 0 Å². The summed E-state index contributed by atoms with van der Waals surface area (Å²) in [6.07, 6.45) is 5.26. The fourth-order valence-corrected chi connectivity index (χ4v) is 8.28. The number of aliphatic imine (C=N–C) groups is 1. The van der Waals surface area contributed by atoms with E-state index in [2.05, 4.69) is 20.3 Å². The Morgan fingerprint density at radius 2 is 1.76 bits per heavy atom. The largest absolute Gasteiger partial charge is 0.490 e. The number of nitrogens with zero attached hydrogens (tertiary/aromatic N) is 1. The number of hydrogen-bond acceptors (Lipinski definition) is 10. The van der Waals surface area contributed by atoms with E-state index in [0.29, 0.717) is 23.3 Å². The van der Waals surface area contributed by atoms with Crippen molar-refractivity contribution in [1.29, 1.82) is 0 Å². The molecule has 0 radical (unpaired) electrons. The summed E-state index contributed by atoms with van der Waals surface area (Å²) < 4.78 is 46.6. The lowest BCUT2D eigenvalue weighted by Gasteiger charge is -2.35. The molecule has 3 aliphatic heterocycles. The maximum absolute atomic E-state index is 13.7. The smallest absolute Gasteiger partial charge is 0.328 e. The van der Waals surface area contributed by atoms with Crippen LogP contribution in [-0.2, 0) is 46.8 Å². The van der Waals surface area contributed by atoms with Gasteiger partial charge in [-0.05, 0) is 113 Å². The molecule has 0 fully saturated rings. The summed E-state index contributed by atoms with van der Waals surface area (Å²) in [5.74, 6) is -1.93. The second-order valence-corrected chi connectivity index (χ2v) is 16.1. The van der Waals surface area contributed by atoms with Gasteiger partial charge in [-0.1, -0.05) is 24.3 Å². The molecular weight excluding hydrogens is 715 g/mol. The quantitative estimate of drug-likeness (QED) is 0.101. The highest BCUT2D eigenvalue weighted by atomic mass is 32.2. The van der Waals surface area contributed by atoms with Gasteiger partial charge in [-0.15, -0.1) is 0 Å². The van der Waals surface area contributed by atoms with Crippen molar-refractivity contribution in [3.05, 3.63) is 64.2 Å². The van der Waals surface area contributed by atoms with Crippen LogP contribution in [0.3, 0.4) is 0 Å². The predicted molar refractivity (Wildman–Crippen MR) is 204 cm³/mol. The van der Waals surface area contributed by atoms with E-state index in [1.165, 1.54) is 14.0 Å². The summed E-state index contributed by atoms with van der Waals surface area (Å²) >= 11 is 0. The van der Waals surface area contributed by atoms with Crippen molar-refractivity contribution < 1.29 is 41.8 Å². The van der Waals surface area contributed by atoms with E-state index in [1.807, 2.05) is 20.8 Å². The molecule has 0 aliphatic carbocycles. The van der Waals surface area contributed by atoms with Gasteiger partial charge in [0.2, 0.25) is 17.8 Å². The first-order valence-corrected chi connectivity index (χ1v) is 19.6. The number of esters is 1. The lowest BCUT2D eigenvalue weighted by molar-refractivity contribution is -0.145. The topological polar surface area (TPSA) is 205 Å². The molecule has 3 aliphatic rings. The van der Waals surface area contributed by atoms with E-state index in [1.54, 1.807) is 50.3 Å². The third-order valence-electron chi connectivity index (χ3n) is 9.80. The van der Waals surface area contributed by atoms with Crippen LogP contribution < -0.4 is 30.6 Å². The monoisotopic (exact) mass is 767 g/mol. The van der Waals surface area contributed by atoms with E-state index < -0.39 is 45.8 Å². The average Bonchev–Trinajstić information content (AvgIpc) is 3.10. The van der Waals surface area contributed by atoms with E-state index in [4.69, 9.17) is 19.9 Å². The van der Waals surface area contributed by atoms with Crippen LogP contribution in [0.2, 0.25) is 0 Å². The van der Waals surface area contributed by atoms with Gasteiger partial charge in [0.1, 0.15) is 29.7 Å². The molecule has 0 saturated carbocycles. The first kappa shape index (κ1) is 41.8. The maximum Gasteiger partial charge on any atom is 0.328 e. The predicted octanol–water partition coefficient (Wildman–Crippen LogP) is 3.41. The van der Waals surface area contributed by atoms with Gasteiger partial charge in [0.05, 0.1) is 18.0 Å². The third kappa shape index (κ3) is 10.8. The standard InChI is InChI=1S/C39H53N5O9S/c1-23-24(2)35(25(3)30-17-18-39(5,6)53-34(23)30)54(49,50)44-38(40)41-19-10-11-28-22-33(46)32(42-26(4)45)21-27-13-15-29(16-14-27)52-20-9-8-12-31(37(48)51-7)43-36(28)47/h8-9,13-16,28,31-32H,10-12,17-22H2,1-7H3,(H,42,45)(H,43,47)(H3,40,41,44)/b9-8-/t28-,31+,32-/m0/s1. The van der Waals surface area contributed by atoms with Gasteiger partial charge in [-0.25, -0.2) is 17.9 Å². The number of ether oxygens (including phenoxy) is 3. The molecule has 294 valence electrons. The fourth-order valence-electron chi connectivity index (χ4n) is 6.76. The Labute approximate surface area is 317 Å². The van der Waals surface area contributed by atoms with Crippen molar-refractivity contribution in [2.45, 2.75) is 109 Å². The SMILES string of the molecule is COC(=O)[C@H]1C/C=C\COc2ccc(cc2)C[C@H](NC(C)=O)C(=O)C[C@H](CCCN=C(N)NS(=O)(=O)c2c(C)c(C)c3c(c2C)CCC(C)(C)O3)C(=O)N1. The Morgan fingerprint density at radius 3 is 2.43 bits per heavy atom. The Hall–Kier alpha value is -4.92. The van der Waals surface area contributed by atoms with Crippen LogP contribution in [0.15, 0.2) is 46.3 Å². The van der Waals surface area contributed by atoms with E-state index in [-0.39, 0.29) is 67.5 Å². The average molecular weight is 768 g/mol. The van der Waals surface area contributed by atoms with Gasteiger partial charge < -0.3 is 30.6 Å². The number of carbonyl (C=O) groups excluding carboxylic acids is 4. The number of nitrogens with one attached hydrogen (secondary N) is 3. The Kier molecular flexibility index (Phi) is 13.9. The van der Waals surface area contributed by atoms with Crippen molar-refractivity contribution in [1.82, 2.24) is 15.4 Å². The molecule has 0 saturated heterocycles. The molecular formula is C39H53N5O9S. The molecule has 14 nitrogen and oxygen atoms in total. The van der Waals surface area contributed by atoms with Crippen LogP contribution in [0.1, 0.15) is 80.7 Å². The number of carbonyl (C=O) groups is 4. The summed E-state index contributed by atoms with van der Waals surface area (Å²) in [6, 6.07) is 5.19. The number of fused-ring (bicyclic) bond motifs is 14. The number of guanidine groups is 1. The van der Waals surface area contributed by atoms with E-state index in [0.717, 1.165) is 28.9 Å². The molecule has 2 aromatic rings. The minimum absolute atomic E-state index is 0.0288. The van der Waals surface area contributed by atoms with Gasteiger partial charge in [0.25, 0.3) is 10.0 Å². The van der Waals surface area contributed by atoms with Crippen molar-refractivity contribution in [3.63, 3.8) is 0 Å². The van der Waals surface area contributed by atoms with Crippen molar-refractivity contribution in [3.8, 4) is 11.5 Å². The summed E-state index contributed by atoms with van der Waals surface area (Å²) in [5, 5.41) is 5.42. The number of benzene rings is 2. The van der Waals surface area contributed by atoms with Gasteiger partial charge >= 0.3 is 5.97 Å². The molecule has 3 atom stereocenters. The van der Waals surface area contributed by atoms with Crippen molar-refractivity contribution in [2.24, 2.45) is 16.6 Å². The molecule has 2 amide bonds. The van der Waals surface area contributed by atoms with Gasteiger partial charge in [-0.3, -0.25) is 19.4 Å². The minimum atomic E-state index is -4.13. The van der Waals surface area contributed by atoms with Crippen LogP contribution in [0.25, 0.3) is 0 Å². The van der Waals surface area contributed by atoms with Crippen LogP contribution in [-0.4, -0.2) is 75.9 Å². The summed E-state index contributed by atoms with van der Waals surface area (Å²) in [5.41, 5.74) is 9.26. The van der Waals surface area contributed by atoms with Crippen LogP contribution in [0, 0.1) is 26.7 Å². The zero-order chi connectivity index (χ0) is 39.8. The number of amides is 2. The molecule has 0 unspecified atom stereocenters. The number of rotatable bonds is 8. The van der Waals surface area contributed by atoms with Crippen LogP contribution >= 0.6 is 0 Å². The number of hydrogen-bond donors (Lipinski definition) is 4. The third-order valence-corrected chi connectivity index (χ3v) is 11.4. The first-order chi connectivity index (χ1) is 25.4. The second kappa shape index (κ2) is 17.9. The number of nitrogens with two attached hydrogens (primary N) is 1. The van der Waals surface area contributed by atoms with Crippen LogP contribution in [0.5, 0.6) is 11.5 Å². The van der Waals surface area contributed by atoms with Gasteiger partial charge in [-0.2, -0.15) is 0 Å². The lowest BCUT2D eigenvalue weighted by atomic mass is 9.88. The zero-order valence-corrected chi connectivity index (χ0v) is 33.0.